The number of ether oxygens (including phenoxy) is 1. The van der Waals surface area contributed by atoms with E-state index in [0.29, 0.717) is 22.4 Å². The highest BCUT2D eigenvalue weighted by atomic mass is 32.2. The molecule has 0 aliphatic carbocycles. The molecule has 0 aliphatic rings. The molecule has 0 atom stereocenters. The summed E-state index contributed by atoms with van der Waals surface area (Å²) in [5.74, 6) is -1.33. The second-order valence-corrected chi connectivity index (χ2v) is 9.50. The Morgan fingerprint density at radius 3 is 2.22 bits per heavy atom. The highest BCUT2D eigenvalue weighted by Crippen LogP contribution is 2.24. The standard InChI is InChI=1S/C22H27N3O6S/c1-14-10-17(12-19(15(14)2)32(29,30)25(3)4)22(28)24-18-8-6-16(7-9-18)11-20(26)23-13-21(27)31-5/h6-10,12H,11,13H2,1-5H3,(H,23,26)(H,24,28). The number of esters is 1. The summed E-state index contributed by atoms with van der Waals surface area (Å²) in [6, 6.07) is 9.64. The van der Waals surface area contributed by atoms with Crippen molar-refractivity contribution in [1.29, 1.82) is 0 Å². The minimum Gasteiger partial charge on any atom is -0.468 e. The highest BCUT2D eigenvalue weighted by molar-refractivity contribution is 7.89. The van der Waals surface area contributed by atoms with Crippen molar-refractivity contribution in [3.05, 3.63) is 58.7 Å². The number of nitrogens with one attached hydrogen (secondary N) is 2. The van der Waals surface area contributed by atoms with Crippen LogP contribution in [0.5, 0.6) is 0 Å². The van der Waals surface area contributed by atoms with Crippen LogP contribution in [-0.4, -0.2) is 58.3 Å². The van der Waals surface area contributed by atoms with Crippen LogP contribution in [0.15, 0.2) is 41.3 Å². The number of nitrogens with zero attached hydrogens (tertiary/aromatic N) is 1. The second kappa shape index (κ2) is 10.4. The Morgan fingerprint density at radius 1 is 1.03 bits per heavy atom. The summed E-state index contributed by atoms with van der Waals surface area (Å²) < 4.78 is 30.8. The van der Waals surface area contributed by atoms with Crippen LogP contribution in [0.25, 0.3) is 0 Å². The molecule has 2 rings (SSSR count). The summed E-state index contributed by atoms with van der Waals surface area (Å²) in [6.45, 7) is 3.25. The number of hydrogen-bond acceptors (Lipinski definition) is 6. The predicted octanol–water partition coefficient (Wildman–Crippen LogP) is 1.64. The van der Waals surface area contributed by atoms with Crippen LogP contribution in [0.1, 0.15) is 27.0 Å². The molecule has 0 heterocycles. The average molecular weight is 462 g/mol. The Balaban J connectivity index is 2.12. The van der Waals surface area contributed by atoms with Crippen molar-refractivity contribution < 1.29 is 27.5 Å². The topological polar surface area (TPSA) is 122 Å². The minimum absolute atomic E-state index is 0.0636. The number of amides is 2. The van der Waals surface area contributed by atoms with E-state index in [4.69, 9.17) is 0 Å². The number of methoxy groups -OCH3 is 1. The Hall–Kier alpha value is -3.24. The highest BCUT2D eigenvalue weighted by Gasteiger charge is 2.23. The molecule has 172 valence electrons. The molecular weight excluding hydrogens is 434 g/mol. The second-order valence-electron chi connectivity index (χ2n) is 7.38. The minimum atomic E-state index is -3.70. The number of sulfonamides is 1. The smallest absolute Gasteiger partial charge is 0.325 e. The van der Waals surface area contributed by atoms with Crippen LogP contribution in [0.3, 0.4) is 0 Å². The number of aryl methyl sites for hydroxylation is 1. The van der Waals surface area contributed by atoms with E-state index in [2.05, 4.69) is 15.4 Å². The summed E-state index contributed by atoms with van der Waals surface area (Å²) >= 11 is 0. The van der Waals surface area contributed by atoms with Gasteiger partial charge in [-0.05, 0) is 54.8 Å². The Kier molecular flexibility index (Phi) is 8.12. The van der Waals surface area contributed by atoms with E-state index in [1.807, 2.05) is 0 Å². The monoisotopic (exact) mass is 461 g/mol. The molecule has 0 saturated carbocycles. The molecular formula is C22H27N3O6S. The zero-order valence-electron chi connectivity index (χ0n) is 18.7. The van der Waals surface area contributed by atoms with Gasteiger partial charge in [-0.25, -0.2) is 12.7 Å². The van der Waals surface area contributed by atoms with E-state index in [-0.39, 0.29) is 29.3 Å². The summed E-state index contributed by atoms with van der Waals surface area (Å²) in [7, 11) is 0.413. The fourth-order valence-electron chi connectivity index (χ4n) is 2.82. The van der Waals surface area contributed by atoms with E-state index >= 15 is 0 Å². The van der Waals surface area contributed by atoms with Gasteiger partial charge in [0.15, 0.2) is 0 Å². The van der Waals surface area contributed by atoms with E-state index < -0.39 is 21.9 Å². The third kappa shape index (κ3) is 6.14. The molecule has 0 bridgehead atoms. The first-order valence-corrected chi connectivity index (χ1v) is 11.2. The lowest BCUT2D eigenvalue weighted by molar-refractivity contribution is -0.141. The number of benzene rings is 2. The van der Waals surface area contributed by atoms with Gasteiger partial charge in [-0.15, -0.1) is 0 Å². The molecule has 2 aromatic rings. The molecule has 2 aromatic carbocycles. The van der Waals surface area contributed by atoms with Crippen LogP contribution in [-0.2, 0) is 30.8 Å². The lowest BCUT2D eigenvalue weighted by Gasteiger charge is -2.16. The number of rotatable bonds is 8. The van der Waals surface area contributed by atoms with Crippen molar-refractivity contribution in [2.24, 2.45) is 0 Å². The van der Waals surface area contributed by atoms with Gasteiger partial charge in [-0.3, -0.25) is 14.4 Å². The normalized spacial score (nSPS) is 11.2. The van der Waals surface area contributed by atoms with Gasteiger partial charge in [0.2, 0.25) is 15.9 Å². The molecule has 0 fully saturated rings. The van der Waals surface area contributed by atoms with Crippen molar-refractivity contribution in [2.75, 3.05) is 33.1 Å². The van der Waals surface area contributed by atoms with Crippen LogP contribution >= 0.6 is 0 Å². The van der Waals surface area contributed by atoms with Gasteiger partial charge >= 0.3 is 5.97 Å². The summed E-state index contributed by atoms with van der Waals surface area (Å²) in [4.78, 5) is 35.8. The molecule has 0 unspecified atom stereocenters. The Bertz CT molecular complexity index is 1130. The van der Waals surface area contributed by atoms with Crippen LogP contribution in [0.2, 0.25) is 0 Å². The SMILES string of the molecule is COC(=O)CNC(=O)Cc1ccc(NC(=O)c2cc(C)c(C)c(S(=O)(=O)N(C)C)c2)cc1. The summed E-state index contributed by atoms with van der Waals surface area (Å²) in [5.41, 5.74) is 2.68. The van der Waals surface area contributed by atoms with E-state index in [0.717, 1.165) is 4.31 Å². The maximum absolute atomic E-state index is 12.7. The lowest BCUT2D eigenvalue weighted by Crippen LogP contribution is -2.31. The average Bonchev–Trinajstić information content (AvgIpc) is 2.74. The van der Waals surface area contributed by atoms with E-state index in [9.17, 15) is 22.8 Å². The lowest BCUT2D eigenvalue weighted by atomic mass is 10.1. The molecule has 2 amide bonds. The van der Waals surface area contributed by atoms with Gasteiger partial charge in [0.05, 0.1) is 18.4 Å². The van der Waals surface area contributed by atoms with Crippen molar-refractivity contribution in [2.45, 2.75) is 25.2 Å². The Labute approximate surface area is 187 Å². The number of hydrogen-bond donors (Lipinski definition) is 2. The van der Waals surface area contributed by atoms with Gasteiger partial charge in [0, 0.05) is 25.3 Å². The molecule has 0 saturated heterocycles. The van der Waals surface area contributed by atoms with Gasteiger partial charge in [-0.1, -0.05) is 12.1 Å². The van der Waals surface area contributed by atoms with Crippen molar-refractivity contribution in [1.82, 2.24) is 9.62 Å². The van der Waals surface area contributed by atoms with Gasteiger partial charge < -0.3 is 15.4 Å². The molecule has 2 N–H and O–H groups in total. The Morgan fingerprint density at radius 2 is 1.66 bits per heavy atom. The molecule has 0 spiro atoms. The third-order valence-corrected chi connectivity index (χ3v) is 6.82. The largest absolute Gasteiger partial charge is 0.468 e. The zero-order valence-corrected chi connectivity index (χ0v) is 19.5. The summed E-state index contributed by atoms with van der Waals surface area (Å²) in [5, 5.41) is 5.18. The van der Waals surface area contributed by atoms with E-state index in [1.54, 1.807) is 44.2 Å². The third-order valence-electron chi connectivity index (χ3n) is 4.87. The number of carbonyl (C=O) groups excluding carboxylic acids is 3. The molecule has 32 heavy (non-hydrogen) atoms. The van der Waals surface area contributed by atoms with E-state index in [1.165, 1.54) is 27.3 Å². The first-order chi connectivity index (χ1) is 14.9. The molecule has 0 aromatic heterocycles. The van der Waals surface area contributed by atoms with Crippen molar-refractivity contribution >= 4 is 33.5 Å². The number of carbonyl (C=O) groups is 3. The maximum atomic E-state index is 12.7. The molecule has 9 nitrogen and oxygen atoms in total. The first-order valence-electron chi connectivity index (χ1n) is 9.73. The number of anilines is 1. The van der Waals surface area contributed by atoms with Crippen LogP contribution in [0.4, 0.5) is 5.69 Å². The maximum Gasteiger partial charge on any atom is 0.325 e. The van der Waals surface area contributed by atoms with Crippen molar-refractivity contribution in [3.63, 3.8) is 0 Å². The zero-order chi connectivity index (χ0) is 24.1. The first kappa shape index (κ1) is 25.0. The fraction of sp³-hybridized carbons (Fsp3) is 0.318. The predicted molar refractivity (Wildman–Crippen MR) is 120 cm³/mol. The molecule has 10 heteroatoms. The fourth-order valence-corrected chi connectivity index (χ4v) is 4.04. The van der Waals surface area contributed by atoms with Gasteiger partial charge in [-0.2, -0.15) is 0 Å². The molecule has 0 radical (unpaired) electrons. The van der Waals surface area contributed by atoms with Crippen LogP contribution in [0, 0.1) is 13.8 Å². The quantitative estimate of drug-likeness (QED) is 0.577. The van der Waals surface area contributed by atoms with Gasteiger partial charge in [0.1, 0.15) is 6.54 Å². The van der Waals surface area contributed by atoms with Crippen molar-refractivity contribution in [3.8, 4) is 0 Å². The van der Waals surface area contributed by atoms with Gasteiger partial charge in [0.25, 0.3) is 5.91 Å². The molecule has 0 aliphatic heterocycles. The van der Waals surface area contributed by atoms with Crippen LogP contribution < -0.4 is 10.6 Å². The summed E-state index contributed by atoms with van der Waals surface area (Å²) in [6.07, 6.45) is 0.0636.